The molecule has 0 saturated heterocycles. The number of rotatable bonds is 5. The summed E-state index contributed by atoms with van der Waals surface area (Å²) >= 11 is 1.62. The lowest BCUT2D eigenvalue weighted by Gasteiger charge is -2.09. The quantitative estimate of drug-likeness (QED) is 0.406. The zero-order valence-electron chi connectivity index (χ0n) is 15.2. The van der Waals surface area contributed by atoms with E-state index in [9.17, 15) is 0 Å². The maximum atomic E-state index is 5.48. The Balaban J connectivity index is 1.52. The number of aromatic nitrogens is 5. The Kier molecular flexibility index (Phi) is 4.21. The molecule has 7 heteroatoms. The van der Waals surface area contributed by atoms with Crippen LogP contribution in [0, 0.1) is 6.92 Å². The van der Waals surface area contributed by atoms with Crippen molar-refractivity contribution in [1.82, 2.24) is 24.1 Å². The Morgan fingerprint density at radius 3 is 2.64 bits per heavy atom. The van der Waals surface area contributed by atoms with Crippen molar-refractivity contribution in [3.05, 3.63) is 84.7 Å². The fraction of sp³-hybridized carbons (Fsp3) is 0.0952. The highest BCUT2D eigenvalue weighted by Crippen LogP contribution is 2.31. The van der Waals surface area contributed by atoms with E-state index in [0.29, 0.717) is 5.75 Å². The van der Waals surface area contributed by atoms with Crippen molar-refractivity contribution in [1.29, 1.82) is 0 Å². The summed E-state index contributed by atoms with van der Waals surface area (Å²) in [5.41, 5.74) is 3.90. The number of fused-ring (bicyclic) bond motifs is 1. The Bertz CT molecular complexity index is 1210. The van der Waals surface area contributed by atoms with Crippen molar-refractivity contribution in [2.45, 2.75) is 17.8 Å². The molecule has 0 N–H and O–H groups in total. The lowest BCUT2D eigenvalue weighted by atomic mass is 10.2. The molecule has 0 saturated carbocycles. The molecular weight excluding hydrogens is 370 g/mol. The largest absolute Gasteiger partial charge is 0.469 e. The number of para-hydroxylation sites is 1. The maximum Gasteiger partial charge on any atom is 0.196 e. The van der Waals surface area contributed by atoms with Crippen molar-refractivity contribution in [3.8, 4) is 17.1 Å². The number of pyridine rings is 1. The molecule has 0 fully saturated rings. The van der Waals surface area contributed by atoms with Gasteiger partial charge in [-0.15, -0.1) is 10.2 Å². The average Bonchev–Trinajstić information content (AvgIpc) is 3.44. The molecule has 0 aliphatic rings. The second-order valence-corrected chi connectivity index (χ2v) is 7.30. The predicted molar refractivity (Wildman–Crippen MR) is 109 cm³/mol. The highest BCUT2D eigenvalue weighted by molar-refractivity contribution is 7.98. The lowest BCUT2D eigenvalue weighted by Crippen LogP contribution is -1.99. The van der Waals surface area contributed by atoms with Crippen LogP contribution in [0.2, 0.25) is 0 Å². The normalized spacial score (nSPS) is 11.3. The molecular formula is C21H17N5OS. The van der Waals surface area contributed by atoms with Gasteiger partial charge in [-0.3, -0.25) is 4.57 Å². The van der Waals surface area contributed by atoms with Crippen molar-refractivity contribution in [3.63, 3.8) is 0 Å². The van der Waals surface area contributed by atoms with Gasteiger partial charge < -0.3 is 8.82 Å². The van der Waals surface area contributed by atoms with Crippen molar-refractivity contribution in [2.75, 3.05) is 0 Å². The van der Waals surface area contributed by atoms with E-state index < -0.39 is 0 Å². The van der Waals surface area contributed by atoms with Gasteiger partial charge in [-0.1, -0.05) is 36.0 Å². The van der Waals surface area contributed by atoms with Crippen LogP contribution in [0.3, 0.4) is 0 Å². The number of aryl methyl sites for hydroxylation is 1. The summed E-state index contributed by atoms with van der Waals surface area (Å²) in [4.78, 5) is 4.67. The van der Waals surface area contributed by atoms with Crippen molar-refractivity contribution in [2.24, 2.45) is 0 Å². The van der Waals surface area contributed by atoms with Crippen LogP contribution in [0.1, 0.15) is 11.5 Å². The van der Waals surface area contributed by atoms with Gasteiger partial charge in [-0.05, 0) is 37.3 Å². The summed E-state index contributed by atoms with van der Waals surface area (Å²) in [6.07, 6.45) is 5.73. The summed E-state index contributed by atoms with van der Waals surface area (Å²) in [5.74, 6) is 2.30. The van der Waals surface area contributed by atoms with E-state index in [0.717, 1.165) is 39.3 Å². The first-order valence-corrected chi connectivity index (χ1v) is 9.89. The van der Waals surface area contributed by atoms with Crippen LogP contribution in [0.15, 0.2) is 82.8 Å². The molecule has 4 heterocycles. The lowest BCUT2D eigenvalue weighted by molar-refractivity contribution is 0.535. The second-order valence-electron chi connectivity index (χ2n) is 6.35. The maximum absolute atomic E-state index is 5.48. The molecule has 6 nitrogen and oxygen atoms in total. The molecule has 5 rings (SSSR count). The summed E-state index contributed by atoms with van der Waals surface area (Å²) in [5, 5.41) is 9.73. The van der Waals surface area contributed by atoms with Crippen LogP contribution in [-0.2, 0) is 5.75 Å². The third-order valence-electron chi connectivity index (χ3n) is 4.51. The fourth-order valence-electron chi connectivity index (χ4n) is 3.16. The van der Waals surface area contributed by atoms with Crippen LogP contribution in [-0.4, -0.2) is 24.1 Å². The van der Waals surface area contributed by atoms with Gasteiger partial charge in [0.05, 0.1) is 17.5 Å². The summed E-state index contributed by atoms with van der Waals surface area (Å²) < 4.78 is 9.57. The van der Waals surface area contributed by atoms with Gasteiger partial charge in [-0.25, -0.2) is 4.98 Å². The third-order valence-corrected chi connectivity index (χ3v) is 5.47. The number of furan rings is 1. The van der Waals surface area contributed by atoms with E-state index in [1.807, 2.05) is 66.2 Å². The molecule has 0 aliphatic heterocycles. The van der Waals surface area contributed by atoms with Crippen molar-refractivity contribution < 1.29 is 4.42 Å². The van der Waals surface area contributed by atoms with Crippen LogP contribution in [0.5, 0.6) is 0 Å². The summed E-state index contributed by atoms with van der Waals surface area (Å²) in [7, 11) is 0. The van der Waals surface area contributed by atoms with E-state index in [1.165, 1.54) is 0 Å². The number of hydrogen-bond donors (Lipinski definition) is 0. The topological polar surface area (TPSA) is 61.1 Å². The highest BCUT2D eigenvalue weighted by atomic mass is 32.2. The standard InChI is InChI=1S/C21H17N5OS/c1-15-18(10-12-27-15)20-23-24-21(26(20)17-7-3-2-4-8-17)28-14-16-13-25-11-6-5-9-19(25)22-16/h2-13H,14H2,1H3. The average molecular weight is 387 g/mol. The SMILES string of the molecule is Cc1occc1-c1nnc(SCc2cn3ccccc3n2)n1-c1ccccc1. The third kappa shape index (κ3) is 2.99. The van der Waals surface area contributed by atoms with E-state index in [4.69, 9.17) is 4.42 Å². The number of imidazole rings is 1. The summed E-state index contributed by atoms with van der Waals surface area (Å²) in [6.45, 7) is 1.93. The number of hydrogen-bond acceptors (Lipinski definition) is 5. The Hall–Kier alpha value is -3.32. The molecule has 0 aliphatic carbocycles. The zero-order chi connectivity index (χ0) is 18.9. The number of thioether (sulfide) groups is 1. The molecule has 0 bridgehead atoms. The first-order valence-electron chi connectivity index (χ1n) is 8.90. The minimum absolute atomic E-state index is 0.705. The molecule has 28 heavy (non-hydrogen) atoms. The monoisotopic (exact) mass is 387 g/mol. The smallest absolute Gasteiger partial charge is 0.196 e. The Labute approximate surface area is 165 Å². The van der Waals surface area contributed by atoms with Gasteiger partial charge in [0.1, 0.15) is 11.4 Å². The zero-order valence-corrected chi connectivity index (χ0v) is 16.0. The highest BCUT2D eigenvalue weighted by Gasteiger charge is 2.19. The van der Waals surface area contributed by atoms with Gasteiger partial charge >= 0.3 is 0 Å². The second kappa shape index (κ2) is 7.01. The van der Waals surface area contributed by atoms with Gasteiger partial charge in [0.25, 0.3) is 0 Å². The molecule has 0 spiro atoms. The summed E-state index contributed by atoms with van der Waals surface area (Å²) in [6, 6.07) is 18.0. The molecule has 5 aromatic rings. The first-order chi connectivity index (χ1) is 13.8. The van der Waals surface area contributed by atoms with Crippen LogP contribution in [0.4, 0.5) is 0 Å². The molecule has 0 unspecified atom stereocenters. The van der Waals surface area contributed by atoms with E-state index >= 15 is 0 Å². The molecule has 0 amide bonds. The number of nitrogens with zero attached hydrogens (tertiary/aromatic N) is 5. The first kappa shape index (κ1) is 16.8. The minimum Gasteiger partial charge on any atom is -0.469 e. The predicted octanol–water partition coefficient (Wildman–Crippen LogP) is 4.78. The molecule has 4 aromatic heterocycles. The molecule has 1 aromatic carbocycles. The van der Waals surface area contributed by atoms with Gasteiger partial charge in [0, 0.05) is 23.8 Å². The fourth-order valence-corrected chi connectivity index (χ4v) is 4.00. The Morgan fingerprint density at radius 1 is 1.00 bits per heavy atom. The minimum atomic E-state index is 0.705. The molecule has 138 valence electrons. The van der Waals surface area contributed by atoms with E-state index in [1.54, 1.807) is 18.0 Å². The number of benzene rings is 1. The van der Waals surface area contributed by atoms with Gasteiger partial charge in [-0.2, -0.15) is 0 Å². The van der Waals surface area contributed by atoms with Crippen LogP contribution >= 0.6 is 11.8 Å². The van der Waals surface area contributed by atoms with E-state index in [-0.39, 0.29) is 0 Å². The van der Waals surface area contributed by atoms with Crippen LogP contribution in [0.25, 0.3) is 22.7 Å². The van der Waals surface area contributed by atoms with Crippen molar-refractivity contribution >= 4 is 17.4 Å². The van der Waals surface area contributed by atoms with E-state index in [2.05, 4.69) is 31.9 Å². The Morgan fingerprint density at radius 2 is 1.86 bits per heavy atom. The van der Waals surface area contributed by atoms with Gasteiger partial charge in [0.2, 0.25) is 0 Å². The van der Waals surface area contributed by atoms with Gasteiger partial charge in [0.15, 0.2) is 11.0 Å². The van der Waals surface area contributed by atoms with Crippen LogP contribution < -0.4 is 0 Å². The molecule has 0 radical (unpaired) electrons. The molecule has 0 atom stereocenters.